The van der Waals surface area contributed by atoms with Crippen molar-refractivity contribution in [1.29, 1.82) is 0 Å². The number of halogens is 1. The molecule has 0 spiro atoms. The minimum absolute atomic E-state index is 0.446. The summed E-state index contributed by atoms with van der Waals surface area (Å²) in [6.45, 7) is 1.91. The van der Waals surface area contributed by atoms with Crippen molar-refractivity contribution in [2.75, 3.05) is 5.73 Å². The normalized spacial score (nSPS) is 10.7. The summed E-state index contributed by atoms with van der Waals surface area (Å²) in [5.41, 5.74) is 7.28. The van der Waals surface area contributed by atoms with Crippen molar-refractivity contribution in [3.63, 3.8) is 0 Å². The monoisotopic (exact) mass is 328 g/mol. The van der Waals surface area contributed by atoms with Gasteiger partial charge in [0.15, 0.2) is 0 Å². The molecule has 0 aliphatic rings. The standard InChI is InChI=1S/C16H13BrN2O/c1-10-2-7-15(18)16(19-10)20-14-6-4-11-8-13(17)5-3-12(11)9-14/h2-9H,18H2,1H3. The lowest BCUT2D eigenvalue weighted by Crippen LogP contribution is -1.96. The van der Waals surface area contributed by atoms with Gasteiger partial charge in [-0.1, -0.05) is 28.1 Å². The van der Waals surface area contributed by atoms with E-state index in [2.05, 4.69) is 27.0 Å². The molecule has 3 nitrogen and oxygen atoms in total. The molecule has 3 aromatic rings. The number of hydrogen-bond donors (Lipinski definition) is 1. The average molecular weight is 329 g/mol. The Morgan fingerprint density at radius 3 is 2.60 bits per heavy atom. The number of anilines is 1. The molecule has 0 saturated carbocycles. The number of hydrogen-bond acceptors (Lipinski definition) is 3. The van der Waals surface area contributed by atoms with Crippen molar-refractivity contribution in [2.24, 2.45) is 0 Å². The molecule has 0 unspecified atom stereocenters. The van der Waals surface area contributed by atoms with Gasteiger partial charge in [-0.2, -0.15) is 0 Å². The smallest absolute Gasteiger partial charge is 0.242 e. The second-order valence-electron chi connectivity index (χ2n) is 4.60. The molecular weight excluding hydrogens is 316 g/mol. The van der Waals surface area contributed by atoms with Crippen LogP contribution in [0.1, 0.15) is 5.69 Å². The van der Waals surface area contributed by atoms with E-state index in [1.807, 2.05) is 43.3 Å². The summed E-state index contributed by atoms with van der Waals surface area (Å²) < 4.78 is 6.84. The number of ether oxygens (including phenoxy) is 1. The quantitative estimate of drug-likeness (QED) is 0.742. The molecule has 2 aromatic carbocycles. The number of aromatic nitrogens is 1. The summed E-state index contributed by atoms with van der Waals surface area (Å²) >= 11 is 3.46. The first kappa shape index (κ1) is 12.9. The van der Waals surface area contributed by atoms with Gasteiger partial charge in [-0.15, -0.1) is 0 Å². The predicted octanol–water partition coefficient (Wildman–Crippen LogP) is 4.68. The maximum atomic E-state index is 5.88. The maximum Gasteiger partial charge on any atom is 0.242 e. The first-order chi connectivity index (χ1) is 9.61. The van der Waals surface area contributed by atoms with Crippen LogP contribution in [0.5, 0.6) is 11.6 Å². The fraction of sp³-hybridized carbons (Fsp3) is 0.0625. The molecule has 0 saturated heterocycles. The summed E-state index contributed by atoms with van der Waals surface area (Å²) in [6.07, 6.45) is 0. The van der Waals surface area contributed by atoms with Crippen LogP contribution in [0.15, 0.2) is 53.0 Å². The van der Waals surface area contributed by atoms with Gasteiger partial charge in [0.1, 0.15) is 5.75 Å². The van der Waals surface area contributed by atoms with E-state index in [1.54, 1.807) is 6.07 Å². The highest BCUT2D eigenvalue weighted by Gasteiger charge is 2.05. The molecule has 0 aliphatic heterocycles. The number of aryl methyl sites for hydroxylation is 1. The fourth-order valence-corrected chi connectivity index (χ4v) is 2.37. The Bertz CT molecular complexity index is 787. The van der Waals surface area contributed by atoms with E-state index in [0.29, 0.717) is 11.6 Å². The van der Waals surface area contributed by atoms with E-state index in [0.717, 1.165) is 26.7 Å². The van der Waals surface area contributed by atoms with E-state index < -0.39 is 0 Å². The molecule has 0 radical (unpaired) electrons. The van der Waals surface area contributed by atoms with Gasteiger partial charge in [-0.25, -0.2) is 4.98 Å². The van der Waals surface area contributed by atoms with Crippen molar-refractivity contribution in [3.8, 4) is 11.6 Å². The Hall–Kier alpha value is -2.07. The van der Waals surface area contributed by atoms with Crippen molar-refractivity contribution < 1.29 is 4.74 Å². The Balaban J connectivity index is 1.98. The Kier molecular flexibility index (Phi) is 3.32. The number of fused-ring (bicyclic) bond motifs is 1. The van der Waals surface area contributed by atoms with Crippen LogP contribution in [0.4, 0.5) is 5.69 Å². The topological polar surface area (TPSA) is 48.1 Å². The van der Waals surface area contributed by atoms with E-state index in [-0.39, 0.29) is 0 Å². The van der Waals surface area contributed by atoms with Crippen LogP contribution >= 0.6 is 15.9 Å². The number of nitrogens with zero attached hydrogens (tertiary/aromatic N) is 1. The van der Waals surface area contributed by atoms with E-state index >= 15 is 0 Å². The molecule has 1 aromatic heterocycles. The molecule has 20 heavy (non-hydrogen) atoms. The lowest BCUT2D eigenvalue weighted by molar-refractivity contribution is 0.465. The zero-order chi connectivity index (χ0) is 14.1. The van der Waals surface area contributed by atoms with Gasteiger partial charge in [0.2, 0.25) is 5.88 Å². The van der Waals surface area contributed by atoms with Crippen molar-refractivity contribution in [3.05, 3.63) is 58.7 Å². The summed E-state index contributed by atoms with van der Waals surface area (Å²) in [5, 5.41) is 2.26. The van der Waals surface area contributed by atoms with Crippen LogP contribution in [0.2, 0.25) is 0 Å². The number of pyridine rings is 1. The highest BCUT2D eigenvalue weighted by atomic mass is 79.9. The molecule has 0 aliphatic carbocycles. The van der Waals surface area contributed by atoms with Gasteiger partial charge in [0.05, 0.1) is 5.69 Å². The van der Waals surface area contributed by atoms with Crippen LogP contribution in [-0.4, -0.2) is 4.98 Å². The van der Waals surface area contributed by atoms with Gasteiger partial charge < -0.3 is 10.5 Å². The highest BCUT2D eigenvalue weighted by molar-refractivity contribution is 9.10. The minimum Gasteiger partial charge on any atom is -0.437 e. The van der Waals surface area contributed by atoms with E-state index in [4.69, 9.17) is 10.5 Å². The molecule has 3 rings (SSSR count). The highest BCUT2D eigenvalue weighted by Crippen LogP contribution is 2.29. The lowest BCUT2D eigenvalue weighted by Gasteiger charge is -2.09. The Morgan fingerprint density at radius 2 is 1.75 bits per heavy atom. The zero-order valence-corrected chi connectivity index (χ0v) is 12.5. The van der Waals surface area contributed by atoms with Crippen LogP contribution in [-0.2, 0) is 0 Å². The molecule has 100 valence electrons. The molecule has 0 fully saturated rings. The summed E-state index contributed by atoms with van der Waals surface area (Å²) in [5.74, 6) is 1.17. The van der Waals surface area contributed by atoms with Gasteiger partial charge in [-0.3, -0.25) is 0 Å². The van der Waals surface area contributed by atoms with E-state index in [1.165, 1.54) is 0 Å². The van der Waals surface area contributed by atoms with Gasteiger partial charge in [0, 0.05) is 10.2 Å². The first-order valence-corrected chi connectivity index (χ1v) is 7.01. The van der Waals surface area contributed by atoms with Crippen LogP contribution in [0.25, 0.3) is 10.8 Å². The third kappa shape index (κ3) is 2.60. The minimum atomic E-state index is 0.446. The van der Waals surface area contributed by atoms with Gasteiger partial charge in [-0.05, 0) is 54.1 Å². The SMILES string of the molecule is Cc1ccc(N)c(Oc2ccc3cc(Br)ccc3c2)n1. The zero-order valence-electron chi connectivity index (χ0n) is 10.9. The molecule has 1 heterocycles. The third-order valence-corrected chi connectivity index (χ3v) is 3.51. The maximum absolute atomic E-state index is 5.88. The summed E-state index contributed by atoms with van der Waals surface area (Å²) in [4.78, 5) is 4.31. The molecular formula is C16H13BrN2O. The largest absolute Gasteiger partial charge is 0.437 e. The van der Waals surface area contributed by atoms with Gasteiger partial charge >= 0.3 is 0 Å². The summed E-state index contributed by atoms with van der Waals surface area (Å²) in [7, 11) is 0. The third-order valence-electron chi connectivity index (χ3n) is 3.02. The molecule has 2 N–H and O–H groups in total. The Morgan fingerprint density at radius 1 is 1.00 bits per heavy atom. The van der Waals surface area contributed by atoms with Crippen molar-refractivity contribution in [1.82, 2.24) is 4.98 Å². The second-order valence-corrected chi connectivity index (χ2v) is 5.52. The average Bonchev–Trinajstić information content (AvgIpc) is 2.43. The number of rotatable bonds is 2. The van der Waals surface area contributed by atoms with E-state index in [9.17, 15) is 0 Å². The molecule has 0 atom stereocenters. The molecule has 0 bridgehead atoms. The van der Waals surface area contributed by atoms with Crippen LogP contribution < -0.4 is 10.5 Å². The van der Waals surface area contributed by atoms with Crippen LogP contribution in [0.3, 0.4) is 0 Å². The number of nitrogens with two attached hydrogens (primary N) is 1. The number of nitrogen functional groups attached to an aromatic ring is 1. The second kappa shape index (κ2) is 5.13. The van der Waals surface area contributed by atoms with Crippen molar-refractivity contribution in [2.45, 2.75) is 6.92 Å². The molecule has 0 amide bonds. The molecule has 4 heteroatoms. The van der Waals surface area contributed by atoms with Crippen molar-refractivity contribution >= 4 is 32.4 Å². The predicted molar refractivity (Wildman–Crippen MR) is 85.1 cm³/mol. The summed E-state index contributed by atoms with van der Waals surface area (Å²) in [6, 6.07) is 15.7. The first-order valence-electron chi connectivity index (χ1n) is 6.22. The van der Waals surface area contributed by atoms with Gasteiger partial charge in [0.25, 0.3) is 0 Å². The number of benzene rings is 2. The lowest BCUT2D eigenvalue weighted by atomic mass is 10.1. The van der Waals surface area contributed by atoms with Crippen LogP contribution in [0, 0.1) is 6.92 Å². The Labute approximate surface area is 125 Å². The fourth-order valence-electron chi connectivity index (χ4n) is 2.00.